The minimum absolute atomic E-state index is 0.493. The van der Waals surface area contributed by atoms with Crippen LogP contribution in [0.5, 0.6) is 0 Å². The summed E-state index contributed by atoms with van der Waals surface area (Å²) in [5.74, 6) is 0. The summed E-state index contributed by atoms with van der Waals surface area (Å²) in [5.41, 5.74) is 2.14. The summed E-state index contributed by atoms with van der Waals surface area (Å²) >= 11 is 2.77. The van der Waals surface area contributed by atoms with E-state index in [0.717, 1.165) is 4.34 Å². The molecule has 0 saturated heterocycles. The van der Waals surface area contributed by atoms with Gasteiger partial charge >= 0.3 is 0 Å². The first-order valence-corrected chi connectivity index (χ1v) is 5.25. The van der Waals surface area contributed by atoms with Gasteiger partial charge in [-0.05, 0) is 17.8 Å². The maximum Gasteiger partial charge on any atom is 0.180 e. The summed E-state index contributed by atoms with van der Waals surface area (Å²) in [5, 5.41) is 24.4. The second-order valence-electron chi connectivity index (χ2n) is 2.20. The molecule has 14 heavy (non-hydrogen) atoms. The summed E-state index contributed by atoms with van der Waals surface area (Å²) < 4.78 is 0.786. The van der Waals surface area contributed by atoms with Crippen molar-refractivity contribution in [1.29, 1.82) is 5.26 Å². The van der Waals surface area contributed by atoms with Crippen LogP contribution in [0.15, 0.2) is 27.1 Å². The molecule has 0 saturated carbocycles. The van der Waals surface area contributed by atoms with E-state index in [1.54, 1.807) is 11.6 Å². The van der Waals surface area contributed by atoms with E-state index in [1.165, 1.54) is 29.3 Å². The van der Waals surface area contributed by atoms with E-state index in [0.29, 0.717) is 10.6 Å². The molecule has 0 spiro atoms. The van der Waals surface area contributed by atoms with E-state index in [4.69, 9.17) is 5.26 Å². The number of rotatable bonds is 2. The minimum Gasteiger partial charge on any atom is -0.192 e. The van der Waals surface area contributed by atoms with Gasteiger partial charge in [-0.3, -0.25) is 0 Å². The topological polar surface area (TPSA) is 75.3 Å². The summed E-state index contributed by atoms with van der Waals surface area (Å²) in [4.78, 5) is 0. The second kappa shape index (κ2) is 4.13. The normalized spacial score (nSPS) is 9.64. The average Bonchev–Trinajstić information content (AvgIpc) is 2.71. The first-order chi connectivity index (χ1) is 6.88. The molecule has 0 atom stereocenters. The van der Waals surface area contributed by atoms with E-state index < -0.39 is 0 Å². The zero-order valence-corrected chi connectivity index (χ0v) is 8.42. The van der Waals surface area contributed by atoms with Crippen molar-refractivity contribution in [1.82, 2.24) is 20.4 Å². The Labute approximate surface area is 87.8 Å². The van der Waals surface area contributed by atoms with Crippen LogP contribution >= 0.6 is 23.1 Å². The fourth-order valence-corrected chi connectivity index (χ4v) is 2.15. The smallest absolute Gasteiger partial charge is 0.180 e. The van der Waals surface area contributed by atoms with Crippen LogP contribution in [0.1, 0.15) is 5.56 Å². The van der Waals surface area contributed by atoms with E-state index in [9.17, 15) is 0 Å². The lowest BCUT2D eigenvalue weighted by Gasteiger charge is -1.93. The molecule has 2 aromatic heterocycles. The molecule has 0 amide bonds. The predicted octanol–water partition coefficient (Wildman–Crippen LogP) is 1.35. The molecule has 0 aliphatic rings. The van der Waals surface area contributed by atoms with Crippen molar-refractivity contribution < 1.29 is 0 Å². The molecule has 0 aromatic carbocycles. The third kappa shape index (κ3) is 2.04. The quantitative estimate of drug-likeness (QED) is 0.762. The third-order valence-electron chi connectivity index (χ3n) is 1.29. The summed E-state index contributed by atoms with van der Waals surface area (Å²) in [7, 11) is 0. The SMILES string of the molecule is N#Cc1cnnc(Sc2nncs2)c1. The van der Waals surface area contributed by atoms with Crippen LogP contribution < -0.4 is 0 Å². The van der Waals surface area contributed by atoms with Crippen LogP contribution in [0, 0.1) is 11.3 Å². The standard InChI is InChI=1S/C7H3N5S2/c8-2-5-1-6(11-9-3-5)14-7-12-10-4-13-7/h1,3-4H. The molecule has 0 radical (unpaired) electrons. The van der Waals surface area contributed by atoms with Crippen LogP contribution in [-0.4, -0.2) is 20.4 Å². The highest BCUT2D eigenvalue weighted by Crippen LogP contribution is 2.26. The van der Waals surface area contributed by atoms with Gasteiger partial charge in [0.25, 0.3) is 0 Å². The van der Waals surface area contributed by atoms with Gasteiger partial charge in [0.05, 0.1) is 11.8 Å². The van der Waals surface area contributed by atoms with E-state index in [2.05, 4.69) is 20.4 Å². The maximum atomic E-state index is 8.64. The monoisotopic (exact) mass is 221 g/mol. The number of hydrogen-bond acceptors (Lipinski definition) is 7. The van der Waals surface area contributed by atoms with Gasteiger partial charge < -0.3 is 0 Å². The fraction of sp³-hybridized carbons (Fsp3) is 0. The molecule has 2 rings (SSSR count). The van der Waals surface area contributed by atoms with Crippen molar-refractivity contribution in [2.75, 3.05) is 0 Å². The Morgan fingerprint density at radius 1 is 1.36 bits per heavy atom. The van der Waals surface area contributed by atoms with Gasteiger partial charge in [-0.2, -0.15) is 10.4 Å². The Kier molecular flexibility index (Phi) is 2.67. The number of aromatic nitrogens is 4. The maximum absolute atomic E-state index is 8.64. The Morgan fingerprint density at radius 2 is 2.29 bits per heavy atom. The van der Waals surface area contributed by atoms with Crippen molar-refractivity contribution in [2.45, 2.75) is 9.37 Å². The Hall–Kier alpha value is -1.52. The van der Waals surface area contributed by atoms with Crippen molar-refractivity contribution in [3.63, 3.8) is 0 Å². The van der Waals surface area contributed by atoms with Gasteiger partial charge in [0.1, 0.15) is 16.6 Å². The summed E-state index contributed by atoms with van der Waals surface area (Å²) in [6, 6.07) is 3.66. The summed E-state index contributed by atoms with van der Waals surface area (Å²) in [6.07, 6.45) is 1.42. The van der Waals surface area contributed by atoms with Crippen LogP contribution in [0.2, 0.25) is 0 Å². The molecule has 68 valence electrons. The molecule has 0 N–H and O–H groups in total. The van der Waals surface area contributed by atoms with Crippen molar-refractivity contribution in [3.05, 3.63) is 23.3 Å². The second-order valence-corrected chi connectivity index (χ2v) is 4.30. The Balaban J connectivity index is 2.22. The molecule has 2 heterocycles. The van der Waals surface area contributed by atoms with E-state index in [1.807, 2.05) is 6.07 Å². The highest BCUT2D eigenvalue weighted by atomic mass is 32.2. The highest BCUT2D eigenvalue weighted by molar-refractivity contribution is 8.00. The molecular weight excluding hydrogens is 218 g/mol. The van der Waals surface area contributed by atoms with Gasteiger partial charge in [-0.15, -0.1) is 15.3 Å². The van der Waals surface area contributed by atoms with Crippen molar-refractivity contribution in [2.24, 2.45) is 0 Å². The molecule has 5 nitrogen and oxygen atoms in total. The van der Waals surface area contributed by atoms with Gasteiger partial charge in [0.2, 0.25) is 0 Å². The van der Waals surface area contributed by atoms with Crippen LogP contribution in [0.4, 0.5) is 0 Å². The lowest BCUT2D eigenvalue weighted by Crippen LogP contribution is -1.86. The zero-order valence-electron chi connectivity index (χ0n) is 6.78. The Morgan fingerprint density at radius 3 is 3.00 bits per heavy atom. The Bertz CT molecular complexity index is 461. The third-order valence-corrected chi connectivity index (χ3v) is 2.98. The van der Waals surface area contributed by atoms with Crippen molar-refractivity contribution >= 4 is 23.1 Å². The lowest BCUT2D eigenvalue weighted by atomic mass is 10.3. The lowest BCUT2D eigenvalue weighted by molar-refractivity contribution is 0.920. The van der Waals surface area contributed by atoms with Gasteiger partial charge in [0.15, 0.2) is 4.34 Å². The number of nitrogens with zero attached hydrogens (tertiary/aromatic N) is 5. The van der Waals surface area contributed by atoms with Gasteiger partial charge in [-0.25, -0.2) is 0 Å². The molecule has 0 aliphatic carbocycles. The van der Waals surface area contributed by atoms with E-state index >= 15 is 0 Å². The van der Waals surface area contributed by atoms with Gasteiger partial charge in [0, 0.05) is 0 Å². The van der Waals surface area contributed by atoms with Crippen LogP contribution in [-0.2, 0) is 0 Å². The molecule has 2 aromatic rings. The first kappa shape index (κ1) is 9.05. The van der Waals surface area contributed by atoms with Gasteiger partial charge in [-0.1, -0.05) is 11.3 Å². The highest BCUT2D eigenvalue weighted by Gasteiger charge is 2.03. The first-order valence-electron chi connectivity index (χ1n) is 3.55. The molecular formula is C7H3N5S2. The van der Waals surface area contributed by atoms with E-state index in [-0.39, 0.29) is 0 Å². The largest absolute Gasteiger partial charge is 0.192 e. The molecule has 0 bridgehead atoms. The van der Waals surface area contributed by atoms with Crippen molar-refractivity contribution in [3.8, 4) is 6.07 Å². The average molecular weight is 221 g/mol. The number of hydrogen-bond donors (Lipinski definition) is 0. The molecule has 0 aliphatic heterocycles. The fourth-order valence-electron chi connectivity index (χ4n) is 0.755. The predicted molar refractivity (Wildman–Crippen MR) is 50.8 cm³/mol. The number of nitriles is 1. The molecule has 7 heteroatoms. The zero-order chi connectivity index (χ0) is 9.80. The molecule has 0 unspecified atom stereocenters. The van der Waals surface area contributed by atoms with Crippen LogP contribution in [0.3, 0.4) is 0 Å². The summed E-state index contributed by atoms with van der Waals surface area (Å²) in [6.45, 7) is 0. The minimum atomic E-state index is 0.493. The molecule has 0 fully saturated rings. The van der Waals surface area contributed by atoms with Crippen LogP contribution in [0.25, 0.3) is 0 Å².